The number of aryl methyl sites for hydroxylation is 20. The minimum atomic E-state index is 0.829. The predicted octanol–water partition coefficient (Wildman–Crippen LogP) is 31.6. The van der Waals surface area contributed by atoms with E-state index in [9.17, 15) is 0 Å². The summed E-state index contributed by atoms with van der Waals surface area (Å²) in [4.78, 5) is 43.8. The molecule has 692 valence electrons. The van der Waals surface area contributed by atoms with Crippen molar-refractivity contribution in [3.05, 3.63) is 288 Å². The van der Waals surface area contributed by atoms with Crippen LogP contribution in [0.5, 0.6) is 0 Å². The summed E-state index contributed by atoms with van der Waals surface area (Å²) in [5.41, 5.74) is 69.8. The molecule has 0 aliphatic heterocycles. The van der Waals surface area contributed by atoms with E-state index >= 15 is 0 Å². The maximum absolute atomic E-state index is 6.57. The van der Waals surface area contributed by atoms with E-state index in [1.165, 1.54) is 167 Å². The number of rotatable bonds is 42. The van der Waals surface area contributed by atoms with Crippen LogP contribution >= 0.6 is 0 Å². The van der Waals surface area contributed by atoms with E-state index in [1.54, 1.807) is 0 Å². The lowest BCUT2D eigenvalue weighted by atomic mass is 9.92. The summed E-state index contributed by atoms with van der Waals surface area (Å²) in [5.74, 6) is 0. The minimum absolute atomic E-state index is 0.829. The molecule has 0 aliphatic rings. The Morgan fingerprint density at radius 1 is 0.145 bits per heavy atom. The fraction of sp³-hybridized carbons (Fsp3) is 0.438. The molecule has 10 aromatic carbocycles. The van der Waals surface area contributed by atoms with E-state index in [0.29, 0.717) is 0 Å². The van der Waals surface area contributed by atoms with Gasteiger partial charge in [-0.1, -0.05) is 260 Å². The Balaban J connectivity index is 0.837. The molecule has 4 N–H and O–H groups in total. The second-order valence-corrected chi connectivity index (χ2v) is 36.3. The summed E-state index contributed by atoms with van der Waals surface area (Å²) < 4.78 is 0. The van der Waals surface area contributed by atoms with Crippen molar-refractivity contribution >= 4 is 103 Å². The van der Waals surface area contributed by atoms with Gasteiger partial charge in [0.05, 0.1) is 91.2 Å². The maximum atomic E-state index is 6.57. The smallest absolute Gasteiger partial charge is 0.0697 e. The van der Waals surface area contributed by atoms with E-state index < -0.39 is 0 Å². The van der Waals surface area contributed by atoms with Crippen LogP contribution in [0.2, 0.25) is 0 Å². The lowest BCUT2D eigenvalue weighted by molar-refractivity contribution is 1.03. The third-order valence-corrected chi connectivity index (χ3v) is 27.4. The van der Waals surface area contributed by atoms with E-state index in [1.807, 2.05) is 0 Å². The van der Waals surface area contributed by atoms with Crippen molar-refractivity contribution in [2.24, 2.45) is 39.9 Å². The molecule has 0 aliphatic carbocycles. The number of nitrogens with zero attached hydrogens (tertiary/aromatic N) is 8. The fourth-order valence-electron chi connectivity index (χ4n) is 19.2. The van der Waals surface area contributed by atoms with Crippen molar-refractivity contribution in [1.82, 2.24) is 0 Å². The number of hydrogen-bond acceptors (Lipinski definition) is 10. The third-order valence-electron chi connectivity index (χ3n) is 27.4. The first-order valence-corrected chi connectivity index (χ1v) is 50.5. The van der Waals surface area contributed by atoms with Crippen LogP contribution in [0.3, 0.4) is 0 Å². The van der Waals surface area contributed by atoms with Crippen molar-refractivity contribution < 1.29 is 0 Å². The van der Waals surface area contributed by atoms with E-state index in [2.05, 4.69) is 315 Å². The number of nitrogen functional groups attached to an aromatic ring is 2. The number of benzene rings is 10. The Labute approximate surface area is 791 Å². The largest absolute Gasteiger partial charge is 0.398 e. The van der Waals surface area contributed by atoms with Crippen molar-refractivity contribution in [2.75, 3.05) is 11.5 Å². The molecule has 0 radical (unpaired) electrons. The van der Waals surface area contributed by atoms with E-state index in [0.717, 1.165) is 263 Å². The first-order valence-electron chi connectivity index (χ1n) is 50.5. The van der Waals surface area contributed by atoms with Gasteiger partial charge in [0.25, 0.3) is 0 Å². The molecule has 10 heteroatoms. The lowest BCUT2D eigenvalue weighted by Crippen LogP contribution is -2.08. The Kier molecular flexibility index (Phi) is 37.5. The van der Waals surface area contributed by atoms with Crippen molar-refractivity contribution in [3.63, 3.8) is 0 Å². The molecule has 0 heterocycles. The zero-order chi connectivity index (χ0) is 95.2. The summed E-state index contributed by atoms with van der Waals surface area (Å²) >= 11 is 0. The SMILES string of the molecule is CCc1cc(Cc2cc(CC)c(N=C(C)C(C)=Nc3c(CC)cc(Cc4cc(CC)c(N=C(C)C(C)=Nc5c(CC)cc(Cc6cc(CC)c(N=C(C)C(C)=Nc7c(CC)cc(Cc8cc(CC)c(N=C(C)C(C)=Nc9c(CC)cc(Cc%10cc(CC)c(N)c(CC)c%10)cc9CC)c(CC)c8)cc7CC)c(CC)c6)cc5CC)c(CC)c4)cc3CC)c(CC)c2)cc(CC)c1N. The molecule has 0 spiro atoms. The van der Waals surface area contributed by atoms with Gasteiger partial charge in [0, 0.05) is 11.4 Å². The van der Waals surface area contributed by atoms with Crippen LogP contribution in [0.15, 0.2) is 161 Å². The molecule has 10 rings (SSSR count). The minimum Gasteiger partial charge on any atom is -0.398 e. The molecule has 0 saturated carbocycles. The first kappa shape index (κ1) is 102. The Bertz CT molecular complexity index is 5430. The standard InChI is InChI=1S/C121H158N10/c1-29-92-54-82(55-93(30-2)112(92)122)49-84-58-96(33-5)114(97(34-6)59-84)124-74(21)76(23)126-116-100(37-9)62-86(63-101(116)38-10)51-88-66-104(41-13)118(105(42-14)67-88)128-78(25)80(27)130-120-108(45-17)70-90(71-109(120)46-18)53-91-72-110(47-19)121(111(48-20)73-91)131-81(28)79(26)129-119-106(43-15)68-89(69-107(119)44-16)52-87-64-102(39-11)117(103(40-12)65-87)127-77(24)75(22)125-115-98(35-7)60-85(61-99(115)36-8)50-83-56-94(31-3)113(123)95(32-4)57-83/h54-73H,29-53,122-123H2,1-28H3. The fourth-order valence-corrected chi connectivity index (χ4v) is 19.2. The first-order chi connectivity index (χ1) is 63.0. The van der Waals surface area contributed by atoms with Gasteiger partial charge < -0.3 is 11.5 Å². The van der Waals surface area contributed by atoms with Crippen LogP contribution < -0.4 is 11.5 Å². The van der Waals surface area contributed by atoms with Crippen LogP contribution in [-0.2, 0) is 161 Å². The Hall–Kier alpha value is -10.8. The van der Waals surface area contributed by atoms with Crippen LogP contribution in [0.1, 0.15) is 361 Å². The zero-order valence-electron chi connectivity index (χ0n) is 86.0. The number of hydrogen-bond donors (Lipinski definition) is 2. The highest BCUT2D eigenvalue weighted by Crippen LogP contribution is 2.41. The average molecular weight is 1750 g/mol. The highest BCUT2D eigenvalue weighted by molar-refractivity contribution is 6.43. The number of anilines is 2. The van der Waals surface area contributed by atoms with Crippen LogP contribution in [0.25, 0.3) is 0 Å². The van der Waals surface area contributed by atoms with Gasteiger partial charge in [-0.15, -0.1) is 0 Å². The van der Waals surface area contributed by atoms with Crippen LogP contribution in [0, 0.1) is 0 Å². The van der Waals surface area contributed by atoms with E-state index in [-0.39, 0.29) is 0 Å². The highest BCUT2D eigenvalue weighted by Gasteiger charge is 2.23. The highest BCUT2D eigenvalue weighted by atomic mass is 14.9. The maximum Gasteiger partial charge on any atom is 0.0697 e. The Morgan fingerprint density at radius 2 is 0.221 bits per heavy atom. The quantitative estimate of drug-likeness (QED) is 0.0289. The van der Waals surface area contributed by atoms with Gasteiger partial charge >= 0.3 is 0 Å². The average Bonchev–Trinajstić information content (AvgIpc) is 0.796. The van der Waals surface area contributed by atoms with Gasteiger partial charge in [-0.3, -0.25) is 39.9 Å². The third kappa shape index (κ3) is 24.7. The summed E-state index contributed by atoms with van der Waals surface area (Å²) in [6.45, 7) is 62.1. The molecule has 0 amide bonds. The van der Waals surface area contributed by atoms with Gasteiger partial charge in [0.1, 0.15) is 0 Å². The van der Waals surface area contributed by atoms with Crippen molar-refractivity contribution in [2.45, 2.75) is 354 Å². The molecule has 0 atom stereocenters. The second-order valence-electron chi connectivity index (χ2n) is 36.3. The van der Waals surface area contributed by atoms with Gasteiger partial charge in [-0.05, 0) is 383 Å². The summed E-state index contributed by atoms with van der Waals surface area (Å²) in [5, 5.41) is 0. The van der Waals surface area contributed by atoms with E-state index in [4.69, 9.17) is 51.4 Å². The monoisotopic (exact) mass is 1750 g/mol. The molecule has 10 aromatic rings. The molecule has 131 heavy (non-hydrogen) atoms. The molecule has 10 nitrogen and oxygen atoms in total. The summed E-state index contributed by atoms with van der Waals surface area (Å²) in [6, 6.07) is 47.6. The van der Waals surface area contributed by atoms with Gasteiger partial charge in [-0.25, -0.2) is 0 Å². The molecule has 0 fully saturated rings. The lowest BCUT2D eigenvalue weighted by Gasteiger charge is -2.17. The number of aliphatic imine (C=N–C) groups is 8. The van der Waals surface area contributed by atoms with Gasteiger partial charge in [0.2, 0.25) is 0 Å². The normalized spacial score (nSPS) is 12.9. The van der Waals surface area contributed by atoms with Gasteiger partial charge in [-0.2, -0.15) is 0 Å². The Morgan fingerprint density at radius 3 is 0.298 bits per heavy atom. The molecule has 0 unspecified atom stereocenters. The molecular formula is C121H158N10. The number of nitrogens with two attached hydrogens (primary N) is 2. The van der Waals surface area contributed by atoms with Crippen molar-refractivity contribution in [1.29, 1.82) is 0 Å². The van der Waals surface area contributed by atoms with Crippen LogP contribution in [0.4, 0.5) is 56.9 Å². The second kappa shape index (κ2) is 48.0. The van der Waals surface area contributed by atoms with Gasteiger partial charge in [0.15, 0.2) is 0 Å². The molecule has 0 saturated heterocycles. The summed E-state index contributed by atoms with van der Waals surface area (Å²) in [7, 11) is 0. The molecule has 0 bridgehead atoms. The molecule has 0 aromatic heterocycles. The predicted molar refractivity (Wildman–Crippen MR) is 577 cm³/mol. The summed E-state index contributed by atoms with van der Waals surface area (Å²) in [6.07, 6.45) is 22.2. The zero-order valence-corrected chi connectivity index (χ0v) is 86.0. The molecular weight excluding hydrogens is 1590 g/mol. The van der Waals surface area contributed by atoms with Crippen LogP contribution in [-0.4, -0.2) is 45.7 Å². The van der Waals surface area contributed by atoms with Crippen molar-refractivity contribution in [3.8, 4) is 0 Å². The topological polar surface area (TPSA) is 151 Å².